The van der Waals surface area contributed by atoms with E-state index >= 15 is 0 Å². The Morgan fingerprint density at radius 3 is 2.46 bits per heavy atom. The molecule has 1 aromatic heterocycles. The Kier molecular flexibility index (Phi) is 5.58. The van der Waals surface area contributed by atoms with Gasteiger partial charge in [-0.25, -0.2) is 0 Å². The predicted molar refractivity (Wildman–Crippen MR) is 101 cm³/mol. The first-order valence-corrected chi connectivity index (χ1v) is 9.17. The SMILES string of the molecule is CC1CN(Cc2c(Cl)ccc(C(=O)c3c[nH]n(C)c3=O)c2Cl)CC(C)O1. The monoisotopic (exact) mass is 397 g/mol. The maximum atomic E-state index is 12.8. The van der Waals surface area contributed by atoms with E-state index in [1.165, 1.54) is 10.9 Å². The molecule has 1 aliphatic rings. The van der Waals surface area contributed by atoms with E-state index in [1.54, 1.807) is 19.2 Å². The number of carbonyl (C=O) groups is 1. The molecule has 3 rings (SSSR count). The highest BCUT2D eigenvalue weighted by Crippen LogP contribution is 2.31. The van der Waals surface area contributed by atoms with E-state index in [1.807, 2.05) is 13.8 Å². The van der Waals surface area contributed by atoms with Crippen LogP contribution in [0.15, 0.2) is 23.1 Å². The molecule has 0 aliphatic carbocycles. The summed E-state index contributed by atoms with van der Waals surface area (Å²) in [5, 5.41) is 3.49. The number of rotatable bonds is 4. The molecule has 1 fully saturated rings. The van der Waals surface area contributed by atoms with Gasteiger partial charge in [0.2, 0.25) is 5.78 Å². The lowest BCUT2D eigenvalue weighted by atomic mass is 10.0. The molecule has 0 amide bonds. The fourth-order valence-electron chi connectivity index (χ4n) is 3.33. The molecular weight excluding hydrogens is 377 g/mol. The number of aromatic nitrogens is 2. The summed E-state index contributed by atoms with van der Waals surface area (Å²) in [6, 6.07) is 3.22. The van der Waals surface area contributed by atoms with Crippen molar-refractivity contribution < 1.29 is 9.53 Å². The number of nitrogens with zero attached hydrogens (tertiary/aromatic N) is 2. The third-order valence-electron chi connectivity index (χ3n) is 4.49. The van der Waals surface area contributed by atoms with Crippen molar-refractivity contribution in [2.45, 2.75) is 32.6 Å². The van der Waals surface area contributed by atoms with E-state index < -0.39 is 11.3 Å². The van der Waals surface area contributed by atoms with Gasteiger partial charge in [0.15, 0.2) is 0 Å². The number of aromatic amines is 1. The number of halogens is 2. The van der Waals surface area contributed by atoms with Gasteiger partial charge in [-0.2, -0.15) is 0 Å². The standard InChI is InChI=1S/C18H21Cl2N3O3/c1-10-7-23(8-11(2)26-10)9-14-15(19)5-4-12(16(14)20)17(24)13-6-21-22(3)18(13)25/h4-6,10-11,21H,7-9H2,1-3H3. The van der Waals surface area contributed by atoms with Crippen molar-refractivity contribution in [1.29, 1.82) is 0 Å². The zero-order valence-electron chi connectivity index (χ0n) is 14.9. The first-order chi connectivity index (χ1) is 12.3. The van der Waals surface area contributed by atoms with E-state index in [2.05, 4.69) is 10.00 Å². The van der Waals surface area contributed by atoms with Gasteiger partial charge in [-0.1, -0.05) is 23.2 Å². The molecule has 0 spiro atoms. The number of benzene rings is 1. The highest BCUT2D eigenvalue weighted by atomic mass is 35.5. The minimum Gasteiger partial charge on any atom is -0.373 e. The highest BCUT2D eigenvalue weighted by molar-refractivity contribution is 6.38. The molecule has 0 radical (unpaired) electrons. The fourth-order valence-corrected chi connectivity index (χ4v) is 3.90. The molecule has 1 saturated heterocycles. The van der Waals surface area contributed by atoms with Crippen LogP contribution in [0.25, 0.3) is 0 Å². The van der Waals surface area contributed by atoms with Crippen molar-refractivity contribution in [1.82, 2.24) is 14.7 Å². The minimum absolute atomic E-state index is 0.0521. The summed E-state index contributed by atoms with van der Waals surface area (Å²) < 4.78 is 6.99. The van der Waals surface area contributed by atoms with Gasteiger partial charge in [-0.3, -0.25) is 19.2 Å². The van der Waals surface area contributed by atoms with Crippen molar-refractivity contribution in [3.63, 3.8) is 0 Å². The van der Waals surface area contributed by atoms with Crippen LogP contribution in [0.3, 0.4) is 0 Å². The van der Waals surface area contributed by atoms with E-state index in [4.69, 9.17) is 27.9 Å². The Labute approximate surface area is 161 Å². The van der Waals surface area contributed by atoms with Gasteiger partial charge in [0.1, 0.15) is 5.56 Å². The van der Waals surface area contributed by atoms with Gasteiger partial charge in [0, 0.05) is 49.0 Å². The fraction of sp³-hybridized carbons (Fsp3) is 0.444. The number of carbonyl (C=O) groups excluding carboxylic acids is 1. The van der Waals surface area contributed by atoms with Crippen molar-refractivity contribution >= 4 is 29.0 Å². The molecule has 2 unspecified atom stereocenters. The summed E-state index contributed by atoms with van der Waals surface area (Å²) in [6.07, 6.45) is 1.62. The summed E-state index contributed by atoms with van der Waals surface area (Å²) in [6.45, 7) is 6.07. The Balaban J connectivity index is 1.92. The molecule has 1 aromatic carbocycles. The molecule has 2 aromatic rings. The molecular formula is C18H21Cl2N3O3. The smallest absolute Gasteiger partial charge is 0.277 e. The second-order valence-corrected chi connectivity index (χ2v) is 7.50. The van der Waals surface area contributed by atoms with E-state index in [0.29, 0.717) is 17.1 Å². The van der Waals surface area contributed by atoms with E-state index in [9.17, 15) is 9.59 Å². The number of hydrogen-bond donors (Lipinski definition) is 1. The number of nitrogens with one attached hydrogen (secondary N) is 1. The van der Waals surface area contributed by atoms with Crippen LogP contribution < -0.4 is 5.56 Å². The quantitative estimate of drug-likeness (QED) is 0.805. The van der Waals surface area contributed by atoms with Crippen LogP contribution in [-0.4, -0.2) is 45.8 Å². The van der Waals surface area contributed by atoms with Gasteiger partial charge >= 0.3 is 0 Å². The zero-order chi connectivity index (χ0) is 19.0. The number of ether oxygens (including phenoxy) is 1. The van der Waals surface area contributed by atoms with Crippen molar-refractivity contribution in [2.75, 3.05) is 13.1 Å². The highest BCUT2D eigenvalue weighted by Gasteiger charge is 2.26. The number of hydrogen-bond acceptors (Lipinski definition) is 4. The van der Waals surface area contributed by atoms with Gasteiger partial charge in [0.05, 0.1) is 17.2 Å². The van der Waals surface area contributed by atoms with Crippen LogP contribution in [0.1, 0.15) is 35.3 Å². The summed E-state index contributed by atoms with van der Waals surface area (Å²) in [5.74, 6) is -0.418. The largest absolute Gasteiger partial charge is 0.373 e. The second-order valence-electron chi connectivity index (χ2n) is 6.72. The third kappa shape index (κ3) is 3.74. The molecule has 0 bridgehead atoms. The maximum absolute atomic E-state index is 12.8. The van der Waals surface area contributed by atoms with Crippen molar-refractivity contribution in [3.05, 3.63) is 55.4 Å². The average Bonchev–Trinajstić information content (AvgIpc) is 2.89. The maximum Gasteiger partial charge on any atom is 0.277 e. The van der Waals surface area contributed by atoms with Crippen LogP contribution in [0, 0.1) is 0 Å². The van der Waals surface area contributed by atoms with Crippen LogP contribution in [0.2, 0.25) is 10.0 Å². The summed E-state index contributed by atoms with van der Waals surface area (Å²) in [7, 11) is 1.55. The summed E-state index contributed by atoms with van der Waals surface area (Å²) >= 11 is 12.9. The first-order valence-electron chi connectivity index (χ1n) is 8.41. The van der Waals surface area contributed by atoms with E-state index in [-0.39, 0.29) is 28.4 Å². The van der Waals surface area contributed by atoms with Crippen molar-refractivity contribution in [3.8, 4) is 0 Å². The molecule has 0 saturated carbocycles. The van der Waals surface area contributed by atoms with Gasteiger partial charge in [0.25, 0.3) is 5.56 Å². The van der Waals surface area contributed by atoms with Gasteiger partial charge < -0.3 is 9.84 Å². The summed E-state index contributed by atoms with van der Waals surface area (Å²) in [4.78, 5) is 27.0. The minimum atomic E-state index is -0.418. The Bertz CT molecular complexity index is 880. The first kappa shape index (κ1) is 19.2. The lowest BCUT2D eigenvalue weighted by molar-refractivity contribution is -0.0704. The molecule has 1 aliphatic heterocycles. The normalized spacial score (nSPS) is 21.1. The molecule has 26 heavy (non-hydrogen) atoms. The molecule has 6 nitrogen and oxygen atoms in total. The molecule has 1 N–H and O–H groups in total. The topological polar surface area (TPSA) is 67.3 Å². The molecule has 2 heterocycles. The third-order valence-corrected chi connectivity index (χ3v) is 5.28. The summed E-state index contributed by atoms with van der Waals surface area (Å²) in [5.41, 5.74) is 0.625. The lowest BCUT2D eigenvalue weighted by Gasteiger charge is -2.35. The second kappa shape index (κ2) is 7.56. The molecule has 140 valence electrons. The Hall–Kier alpha value is -1.60. The van der Waals surface area contributed by atoms with Crippen LogP contribution in [0.5, 0.6) is 0 Å². The lowest BCUT2D eigenvalue weighted by Crippen LogP contribution is -2.44. The average molecular weight is 398 g/mol. The molecule has 8 heteroatoms. The Morgan fingerprint density at radius 1 is 1.23 bits per heavy atom. The van der Waals surface area contributed by atoms with Gasteiger partial charge in [-0.15, -0.1) is 0 Å². The number of ketones is 1. The number of morpholine rings is 1. The zero-order valence-corrected chi connectivity index (χ0v) is 16.4. The number of aryl methyl sites for hydroxylation is 1. The van der Waals surface area contributed by atoms with Crippen LogP contribution in [-0.2, 0) is 18.3 Å². The number of H-pyrrole nitrogens is 1. The molecule has 2 atom stereocenters. The van der Waals surface area contributed by atoms with E-state index in [0.717, 1.165) is 13.1 Å². The van der Waals surface area contributed by atoms with Crippen molar-refractivity contribution in [2.24, 2.45) is 7.05 Å². The van der Waals surface area contributed by atoms with Crippen LogP contribution >= 0.6 is 23.2 Å². The van der Waals surface area contributed by atoms with Gasteiger partial charge in [-0.05, 0) is 26.0 Å². The Morgan fingerprint density at radius 2 is 1.88 bits per heavy atom. The predicted octanol–water partition coefficient (Wildman–Crippen LogP) is 2.86. The van der Waals surface area contributed by atoms with Crippen LogP contribution in [0.4, 0.5) is 0 Å².